The Balaban J connectivity index is 1.81. The van der Waals surface area contributed by atoms with E-state index in [2.05, 4.69) is 15.2 Å². The van der Waals surface area contributed by atoms with E-state index in [4.69, 9.17) is 4.74 Å². The average molecular weight is 365 g/mol. The van der Waals surface area contributed by atoms with Crippen LogP contribution < -0.4 is 10.1 Å². The van der Waals surface area contributed by atoms with Gasteiger partial charge in [-0.2, -0.15) is 5.10 Å². The van der Waals surface area contributed by atoms with E-state index in [0.29, 0.717) is 11.3 Å². The van der Waals surface area contributed by atoms with Crippen LogP contribution in [-0.4, -0.2) is 35.9 Å². The summed E-state index contributed by atoms with van der Waals surface area (Å²) < 4.78 is 11.5. The van der Waals surface area contributed by atoms with Crippen LogP contribution >= 0.6 is 0 Å². The minimum atomic E-state index is -0.467. The van der Waals surface area contributed by atoms with Gasteiger partial charge in [0, 0.05) is 11.4 Å². The summed E-state index contributed by atoms with van der Waals surface area (Å²) in [6.07, 6.45) is 0. The van der Waals surface area contributed by atoms with Gasteiger partial charge in [0.05, 0.1) is 25.5 Å². The normalized spacial score (nSPS) is 10.3. The summed E-state index contributed by atoms with van der Waals surface area (Å²) in [7, 11) is 2.91. The number of carbonyl (C=O) groups excluding carboxylic acids is 2. The summed E-state index contributed by atoms with van der Waals surface area (Å²) in [4.78, 5) is 24.2. The van der Waals surface area contributed by atoms with Gasteiger partial charge in [0.15, 0.2) is 5.69 Å². The molecule has 0 spiro atoms. The molecule has 0 aliphatic rings. The summed E-state index contributed by atoms with van der Waals surface area (Å²) >= 11 is 0. The number of aryl methyl sites for hydroxylation is 1. The van der Waals surface area contributed by atoms with Crippen molar-refractivity contribution in [3.05, 3.63) is 71.5 Å². The fourth-order valence-corrected chi connectivity index (χ4v) is 2.61. The molecular weight excluding hydrogens is 346 g/mol. The molecule has 1 heterocycles. The number of benzene rings is 2. The first-order chi connectivity index (χ1) is 13.0. The molecule has 0 bridgehead atoms. The second kappa shape index (κ2) is 7.74. The van der Waals surface area contributed by atoms with E-state index in [1.165, 1.54) is 7.11 Å². The fraction of sp³-hybridized carbons (Fsp3) is 0.150. The summed E-state index contributed by atoms with van der Waals surface area (Å²) in [5.41, 5.74) is 2.75. The Morgan fingerprint density at radius 2 is 1.78 bits per heavy atom. The van der Waals surface area contributed by atoms with Crippen LogP contribution in [0.5, 0.6) is 5.75 Å². The molecule has 0 atom stereocenters. The number of amides is 1. The number of nitrogens with one attached hydrogen (secondary N) is 1. The first-order valence-corrected chi connectivity index (χ1v) is 8.22. The molecule has 0 radical (unpaired) electrons. The van der Waals surface area contributed by atoms with Gasteiger partial charge < -0.3 is 14.8 Å². The van der Waals surface area contributed by atoms with Gasteiger partial charge in [0.25, 0.3) is 5.91 Å². The maximum atomic E-state index is 12.5. The zero-order chi connectivity index (χ0) is 19.4. The Morgan fingerprint density at radius 1 is 1.04 bits per heavy atom. The molecule has 0 unspecified atom stereocenters. The van der Waals surface area contributed by atoms with Crippen LogP contribution in [0.1, 0.15) is 26.5 Å². The smallest absolute Gasteiger partial charge is 0.337 e. The summed E-state index contributed by atoms with van der Waals surface area (Å²) in [5.74, 6) is -0.0925. The molecule has 1 aromatic heterocycles. The summed E-state index contributed by atoms with van der Waals surface area (Å²) in [5, 5.41) is 7.12. The molecule has 27 heavy (non-hydrogen) atoms. The fourth-order valence-electron chi connectivity index (χ4n) is 2.61. The third-order valence-corrected chi connectivity index (χ3v) is 3.98. The molecule has 0 aliphatic carbocycles. The van der Waals surface area contributed by atoms with E-state index in [1.807, 2.05) is 31.2 Å². The highest BCUT2D eigenvalue weighted by atomic mass is 16.5. The van der Waals surface area contributed by atoms with Crippen LogP contribution in [0.2, 0.25) is 0 Å². The molecule has 0 fully saturated rings. The molecule has 7 nitrogen and oxygen atoms in total. The lowest BCUT2D eigenvalue weighted by Crippen LogP contribution is -2.13. The Kier molecular flexibility index (Phi) is 5.21. The van der Waals surface area contributed by atoms with Crippen molar-refractivity contribution in [3.8, 4) is 11.4 Å². The maximum absolute atomic E-state index is 12.5. The third kappa shape index (κ3) is 3.98. The molecule has 0 saturated carbocycles. The maximum Gasteiger partial charge on any atom is 0.337 e. The van der Waals surface area contributed by atoms with Gasteiger partial charge in [-0.05, 0) is 55.5 Å². The van der Waals surface area contributed by atoms with E-state index in [0.717, 1.165) is 17.1 Å². The van der Waals surface area contributed by atoms with Gasteiger partial charge in [0.2, 0.25) is 0 Å². The molecule has 2 aromatic carbocycles. The van der Waals surface area contributed by atoms with E-state index >= 15 is 0 Å². The van der Waals surface area contributed by atoms with E-state index < -0.39 is 5.97 Å². The Bertz CT molecular complexity index is 977. The topological polar surface area (TPSA) is 82.5 Å². The second-order valence-corrected chi connectivity index (χ2v) is 5.81. The second-order valence-electron chi connectivity index (χ2n) is 5.81. The molecule has 7 heteroatoms. The van der Waals surface area contributed by atoms with Gasteiger partial charge in [-0.15, -0.1) is 0 Å². The SMILES string of the molecule is COC(=O)c1cccc(NC(=O)c2cc(C)n(-c3ccc(OC)cc3)n2)c1. The Hall–Kier alpha value is -3.61. The molecule has 3 rings (SSSR count). The number of methoxy groups -OCH3 is 2. The largest absolute Gasteiger partial charge is 0.497 e. The first kappa shape index (κ1) is 18.2. The van der Waals surface area contributed by atoms with Crippen LogP contribution in [0.3, 0.4) is 0 Å². The molecule has 1 N–H and O–H groups in total. The number of hydrogen-bond donors (Lipinski definition) is 1. The van der Waals surface area contributed by atoms with Crippen molar-refractivity contribution in [2.45, 2.75) is 6.92 Å². The molecule has 3 aromatic rings. The van der Waals surface area contributed by atoms with Crippen molar-refractivity contribution >= 4 is 17.6 Å². The zero-order valence-electron chi connectivity index (χ0n) is 15.2. The van der Waals surface area contributed by atoms with Gasteiger partial charge in [0.1, 0.15) is 5.75 Å². The van der Waals surface area contributed by atoms with Crippen LogP contribution in [0.25, 0.3) is 5.69 Å². The number of rotatable bonds is 5. The van der Waals surface area contributed by atoms with Crippen LogP contribution in [0.15, 0.2) is 54.6 Å². The lowest BCUT2D eigenvalue weighted by Gasteiger charge is -2.06. The minimum Gasteiger partial charge on any atom is -0.497 e. The highest BCUT2D eigenvalue weighted by molar-refractivity contribution is 6.03. The number of anilines is 1. The lowest BCUT2D eigenvalue weighted by atomic mass is 10.2. The highest BCUT2D eigenvalue weighted by Crippen LogP contribution is 2.18. The number of esters is 1. The van der Waals surface area contributed by atoms with Gasteiger partial charge in [-0.3, -0.25) is 4.79 Å². The number of carbonyl (C=O) groups is 2. The van der Waals surface area contributed by atoms with Crippen molar-refractivity contribution in [2.75, 3.05) is 19.5 Å². The highest BCUT2D eigenvalue weighted by Gasteiger charge is 2.14. The monoisotopic (exact) mass is 365 g/mol. The number of aromatic nitrogens is 2. The van der Waals surface area contributed by atoms with Crippen LogP contribution in [0, 0.1) is 6.92 Å². The molecule has 1 amide bonds. The van der Waals surface area contributed by atoms with Gasteiger partial charge >= 0.3 is 5.97 Å². The van der Waals surface area contributed by atoms with Crippen molar-refractivity contribution in [2.24, 2.45) is 0 Å². The van der Waals surface area contributed by atoms with E-state index in [-0.39, 0.29) is 11.6 Å². The Morgan fingerprint density at radius 3 is 2.44 bits per heavy atom. The van der Waals surface area contributed by atoms with Crippen molar-refractivity contribution in [1.82, 2.24) is 9.78 Å². The van der Waals surface area contributed by atoms with Gasteiger partial charge in [-0.25, -0.2) is 9.48 Å². The van der Waals surface area contributed by atoms with Crippen molar-refractivity contribution in [3.63, 3.8) is 0 Å². The zero-order valence-corrected chi connectivity index (χ0v) is 15.2. The quantitative estimate of drug-likeness (QED) is 0.702. The predicted molar refractivity (Wildman–Crippen MR) is 101 cm³/mol. The van der Waals surface area contributed by atoms with E-state index in [9.17, 15) is 9.59 Å². The summed E-state index contributed by atoms with van der Waals surface area (Å²) in [6.45, 7) is 1.87. The number of ether oxygens (including phenoxy) is 2. The van der Waals surface area contributed by atoms with E-state index in [1.54, 1.807) is 42.1 Å². The first-order valence-electron chi connectivity index (χ1n) is 8.22. The lowest BCUT2D eigenvalue weighted by molar-refractivity contribution is 0.0600. The van der Waals surface area contributed by atoms with Crippen molar-refractivity contribution in [1.29, 1.82) is 0 Å². The number of hydrogen-bond acceptors (Lipinski definition) is 5. The predicted octanol–water partition coefficient (Wildman–Crippen LogP) is 3.23. The molecule has 0 saturated heterocycles. The van der Waals surface area contributed by atoms with Crippen molar-refractivity contribution < 1.29 is 19.1 Å². The van der Waals surface area contributed by atoms with Crippen LogP contribution in [-0.2, 0) is 4.74 Å². The van der Waals surface area contributed by atoms with Gasteiger partial charge in [-0.1, -0.05) is 6.07 Å². The average Bonchev–Trinajstić information content (AvgIpc) is 3.09. The minimum absolute atomic E-state index is 0.270. The molecule has 0 aliphatic heterocycles. The molecule has 138 valence electrons. The third-order valence-electron chi connectivity index (χ3n) is 3.98. The number of nitrogens with zero attached hydrogens (tertiary/aromatic N) is 2. The molecular formula is C20H19N3O4. The standard InChI is InChI=1S/C20H19N3O4/c1-13-11-18(22-23(13)16-7-9-17(26-2)10-8-16)19(24)21-15-6-4-5-14(12-15)20(25)27-3/h4-12H,1-3H3,(H,21,24). The van der Waals surface area contributed by atoms with Crippen LogP contribution in [0.4, 0.5) is 5.69 Å². The Labute approximate surface area is 156 Å². The summed E-state index contributed by atoms with van der Waals surface area (Å²) in [6, 6.07) is 15.6.